The Kier molecular flexibility index (Phi) is 4.45. The van der Waals surface area contributed by atoms with Crippen LogP contribution in [-0.4, -0.2) is 40.1 Å². The molecule has 2 atom stereocenters. The van der Waals surface area contributed by atoms with Crippen LogP contribution in [0.5, 0.6) is 0 Å². The Labute approximate surface area is 124 Å². The standard InChI is InChI=1S/C15H21N3O3/c1-9-6-12(14(19)20)8-18(7-9)15(21)17-13-10(2)4-5-16-11(13)3/h4-5,9,12H,6-8H2,1-3H3,(H,17,21)(H,19,20). The van der Waals surface area contributed by atoms with Gasteiger partial charge in [-0.15, -0.1) is 0 Å². The Bertz CT molecular complexity index is 539. The molecule has 2 unspecified atom stereocenters. The molecule has 0 radical (unpaired) electrons. The summed E-state index contributed by atoms with van der Waals surface area (Å²) in [5, 5.41) is 12.0. The molecular formula is C15H21N3O3. The average Bonchev–Trinajstić information content (AvgIpc) is 2.42. The van der Waals surface area contributed by atoms with Gasteiger partial charge in [0.1, 0.15) is 0 Å². The Balaban J connectivity index is 2.11. The molecule has 6 heteroatoms. The molecule has 0 spiro atoms. The van der Waals surface area contributed by atoms with Crippen molar-refractivity contribution in [3.05, 3.63) is 23.5 Å². The number of carbonyl (C=O) groups excluding carboxylic acids is 1. The predicted octanol–water partition coefficient (Wildman–Crippen LogP) is 2.27. The van der Waals surface area contributed by atoms with Crippen LogP contribution in [0.3, 0.4) is 0 Å². The molecule has 2 heterocycles. The minimum Gasteiger partial charge on any atom is -0.481 e. The number of carboxylic acid groups (broad SMARTS) is 1. The van der Waals surface area contributed by atoms with Crippen LogP contribution >= 0.6 is 0 Å². The van der Waals surface area contributed by atoms with E-state index in [0.29, 0.717) is 18.7 Å². The zero-order valence-corrected chi connectivity index (χ0v) is 12.6. The summed E-state index contributed by atoms with van der Waals surface area (Å²) in [6, 6.07) is 1.58. The summed E-state index contributed by atoms with van der Waals surface area (Å²) in [5.41, 5.74) is 2.39. The van der Waals surface area contributed by atoms with Crippen molar-refractivity contribution in [1.29, 1.82) is 0 Å². The molecule has 1 aliphatic heterocycles. The topological polar surface area (TPSA) is 82.5 Å². The Morgan fingerprint density at radius 3 is 2.71 bits per heavy atom. The van der Waals surface area contributed by atoms with Gasteiger partial charge in [0.25, 0.3) is 0 Å². The number of urea groups is 1. The number of piperidine rings is 1. The minimum absolute atomic E-state index is 0.182. The maximum atomic E-state index is 12.4. The number of hydrogen-bond donors (Lipinski definition) is 2. The first-order chi connectivity index (χ1) is 9.88. The van der Waals surface area contributed by atoms with Gasteiger partial charge in [-0.25, -0.2) is 4.79 Å². The fourth-order valence-corrected chi connectivity index (χ4v) is 2.77. The van der Waals surface area contributed by atoms with Gasteiger partial charge in [0, 0.05) is 19.3 Å². The minimum atomic E-state index is -0.840. The lowest BCUT2D eigenvalue weighted by molar-refractivity contribution is -0.143. The maximum absolute atomic E-state index is 12.4. The van der Waals surface area contributed by atoms with E-state index in [2.05, 4.69) is 10.3 Å². The second-order valence-corrected chi connectivity index (χ2v) is 5.80. The molecule has 2 amide bonds. The summed E-state index contributed by atoms with van der Waals surface area (Å²) >= 11 is 0. The lowest BCUT2D eigenvalue weighted by Gasteiger charge is -2.34. The van der Waals surface area contributed by atoms with E-state index in [1.807, 2.05) is 26.8 Å². The number of nitrogens with zero attached hydrogens (tertiary/aromatic N) is 2. The highest BCUT2D eigenvalue weighted by Gasteiger charge is 2.32. The number of hydrogen-bond acceptors (Lipinski definition) is 3. The summed E-state index contributed by atoms with van der Waals surface area (Å²) in [5.74, 6) is -1.15. The molecule has 21 heavy (non-hydrogen) atoms. The molecule has 6 nitrogen and oxygen atoms in total. The third-order valence-electron chi connectivity index (χ3n) is 3.88. The van der Waals surface area contributed by atoms with Crippen molar-refractivity contribution < 1.29 is 14.7 Å². The van der Waals surface area contributed by atoms with Gasteiger partial charge in [-0.3, -0.25) is 9.78 Å². The number of rotatable bonds is 2. The van der Waals surface area contributed by atoms with Crippen LogP contribution in [-0.2, 0) is 4.79 Å². The molecule has 1 fully saturated rings. The number of carboxylic acids is 1. The van der Waals surface area contributed by atoms with Crippen molar-refractivity contribution >= 4 is 17.7 Å². The number of likely N-dealkylation sites (tertiary alicyclic amines) is 1. The molecule has 1 aliphatic rings. The van der Waals surface area contributed by atoms with Crippen LogP contribution in [0, 0.1) is 25.7 Å². The van der Waals surface area contributed by atoms with Crippen LogP contribution < -0.4 is 5.32 Å². The molecule has 0 bridgehead atoms. The van der Waals surface area contributed by atoms with E-state index in [4.69, 9.17) is 5.11 Å². The van der Waals surface area contributed by atoms with Gasteiger partial charge in [0.05, 0.1) is 17.3 Å². The summed E-state index contributed by atoms with van der Waals surface area (Å²) < 4.78 is 0. The number of carbonyl (C=O) groups is 2. The number of nitrogens with one attached hydrogen (secondary N) is 1. The average molecular weight is 291 g/mol. The fraction of sp³-hybridized carbons (Fsp3) is 0.533. The third kappa shape index (κ3) is 3.51. The molecule has 0 aliphatic carbocycles. The molecular weight excluding hydrogens is 270 g/mol. The normalized spacial score (nSPS) is 22.0. The Morgan fingerprint density at radius 2 is 2.10 bits per heavy atom. The summed E-state index contributed by atoms with van der Waals surface area (Å²) in [7, 11) is 0. The number of aromatic nitrogens is 1. The van der Waals surface area contributed by atoms with Crippen LogP contribution in [0.1, 0.15) is 24.6 Å². The number of amides is 2. The second kappa shape index (κ2) is 6.11. The first kappa shape index (κ1) is 15.3. The first-order valence-corrected chi connectivity index (χ1v) is 7.09. The number of pyridine rings is 1. The first-order valence-electron chi connectivity index (χ1n) is 7.09. The molecule has 1 aromatic rings. The molecule has 1 aromatic heterocycles. The highest BCUT2D eigenvalue weighted by Crippen LogP contribution is 2.23. The van der Waals surface area contributed by atoms with E-state index >= 15 is 0 Å². The Morgan fingerprint density at radius 1 is 1.38 bits per heavy atom. The van der Waals surface area contributed by atoms with Gasteiger partial charge in [-0.05, 0) is 37.8 Å². The zero-order valence-electron chi connectivity index (χ0n) is 12.6. The Hall–Kier alpha value is -2.11. The van der Waals surface area contributed by atoms with E-state index in [0.717, 1.165) is 11.3 Å². The lowest BCUT2D eigenvalue weighted by atomic mass is 9.91. The maximum Gasteiger partial charge on any atom is 0.321 e. The van der Waals surface area contributed by atoms with E-state index < -0.39 is 11.9 Å². The highest BCUT2D eigenvalue weighted by molar-refractivity contribution is 5.91. The van der Waals surface area contributed by atoms with Crippen LogP contribution in [0.25, 0.3) is 0 Å². The number of aryl methyl sites for hydroxylation is 2. The van der Waals surface area contributed by atoms with Crippen LogP contribution in [0.2, 0.25) is 0 Å². The molecule has 0 aromatic carbocycles. The van der Waals surface area contributed by atoms with Crippen molar-refractivity contribution in [3.8, 4) is 0 Å². The van der Waals surface area contributed by atoms with Gasteiger partial charge < -0.3 is 15.3 Å². The predicted molar refractivity (Wildman–Crippen MR) is 79.2 cm³/mol. The van der Waals surface area contributed by atoms with E-state index in [1.54, 1.807) is 11.1 Å². The monoisotopic (exact) mass is 291 g/mol. The molecule has 2 N–H and O–H groups in total. The van der Waals surface area contributed by atoms with Crippen LogP contribution in [0.15, 0.2) is 12.3 Å². The van der Waals surface area contributed by atoms with Gasteiger partial charge in [0.2, 0.25) is 0 Å². The van der Waals surface area contributed by atoms with Crippen molar-refractivity contribution in [1.82, 2.24) is 9.88 Å². The van der Waals surface area contributed by atoms with E-state index in [9.17, 15) is 9.59 Å². The number of aliphatic carboxylic acids is 1. The molecule has 0 saturated carbocycles. The van der Waals surface area contributed by atoms with E-state index in [1.165, 1.54) is 0 Å². The van der Waals surface area contributed by atoms with Gasteiger partial charge in [-0.1, -0.05) is 6.92 Å². The van der Waals surface area contributed by atoms with Crippen molar-refractivity contribution in [3.63, 3.8) is 0 Å². The molecule has 1 saturated heterocycles. The molecule has 114 valence electrons. The second-order valence-electron chi connectivity index (χ2n) is 5.80. The third-order valence-corrected chi connectivity index (χ3v) is 3.88. The van der Waals surface area contributed by atoms with Gasteiger partial charge in [-0.2, -0.15) is 0 Å². The zero-order chi connectivity index (χ0) is 15.6. The van der Waals surface area contributed by atoms with E-state index in [-0.39, 0.29) is 18.5 Å². The largest absolute Gasteiger partial charge is 0.481 e. The van der Waals surface area contributed by atoms with Gasteiger partial charge >= 0.3 is 12.0 Å². The van der Waals surface area contributed by atoms with Gasteiger partial charge in [0.15, 0.2) is 0 Å². The summed E-state index contributed by atoms with van der Waals surface area (Å²) in [6.45, 7) is 6.54. The number of anilines is 1. The van der Waals surface area contributed by atoms with Crippen molar-refractivity contribution in [2.24, 2.45) is 11.8 Å². The summed E-state index contributed by atoms with van der Waals surface area (Å²) in [4.78, 5) is 29.3. The lowest BCUT2D eigenvalue weighted by Crippen LogP contribution is -2.47. The molecule has 2 rings (SSSR count). The quantitative estimate of drug-likeness (QED) is 0.875. The summed E-state index contributed by atoms with van der Waals surface area (Å²) in [6.07, 6.45) is 2.31. The SMILES string of the molecule is Cc1ccnc(C)c1NC(=O)N1CC(C)CC(C(=O)O)C1. The highest BCUT2D eigenvalue weighted by atomic mass is 16.4. The van der Waals surface area contributed by atoms with Crippen LogP contribution in [0.4, 0.5) is 10.5 Å². The van der Waals surface area contributed by atoms with Crippen molar-refractivity contribution in [2.45, 2.75) is 27.2 Å². The smallest absolute Gasteiger partial charge is 0.321 e. The van der Waals surface area contributed by atoms with Crippen molar-refractivity contribution in [2.75, 3.05) is 18.4 Å². The fourth-order valence-electron chi connectivity index (χ4n) is 2.77.